The van der Waals surface area contributed by atoms with Crippen molar-refractivity contribution in [3.63, 3.8) is 0 Å². The van der Waals surface area contributed by atoms with Gasteiger partial charge in [0.2, 0.25) is 0 Å². The molecule has 23 heavy (non-hydrogen) atoms. The van der Waals surface area contributed by atoms with Crippen LogP contribution in [0.5, 0.6) is 0 Å². The smallest absolute Gasteiger partial charge is 0.0775 e. The Labute approximate surface area is 154 Å². The molecule has 0 saturated carbocycles. The average molecular weight is 434 g/mol. The summed E-state index contributed by atoms with van der Waals surface area (Å²) >= 11 is 7.18. The first-order valence-corrected chi connectivity index (χ1v) is 9.27. The molecule has 0 aliphatic heterocycles. The molecule has 2 aromatic carbocycles. The first kappa shape index (κ1) is 16.5. The minimum absolute atomic E-state index is 0.990. The van der Waals surface area contributed by atoms with Crippen LogP contribution < -0.4 is 5.32 Å². The molecule has 2 nitrogen and oxygen atoms in total. The van der Waals surface area contributed by atoms with E-state index in [9.17, 15) is 0 Å². The molecular weight excluding hydrogens is 416 g/mol. The molecule has 0 radical (unpaired) electrons. The Balaban J connectivity index is 1.92. The van der Waals surface area contributed by atoms with Crippen LogP contribution in [0.3, 0.4) is 0 Å². The second-order valence-electron chi connectivity index (χ2n) is 5.57. The molecule has 0 spiro atoms. The van der Waals surface area contributed by atoms with Crippen LogP contribution >= 0.6 is 31.9 Å². The molecule has 0 bridgehead atoms. The second kappa shape index (κ2) is 7.45. The van der Waals surface area contributed by atoms with Crippen LogP contribution in [-0.2, 0) is 0 Å². The number of benzene rings is 2. The van der Waals surface area contributed by atoms with Crippen molar-refractivity contribution in [3.8, 4) is 0 Å². The largest absolute Gasteiger partial charge is 0.358 e. The molecule has 0 fully saturated rings. The average Bonchev–Trinajstić information content (AvgIpc) is 2.55. The van der Waals surface area contributed by atoms with Gasteiger partial charge in [0.1, 0.15) is 0 Å². The van der Waals surface area contributed by atoms with E-state index in [1.807, 2.05) is 36.4 Å². The summed E-state index contributed by atoms with van der Waals surface area (Å²) in [6.07, 6.45) is 3.20. The van der Waals surface area contributed by atoms with Gasteiger partial charge in [0.15, 0.2) is 0 Å². The monoisotopic (exact) mass is 432 g/mol. The van der Waals surface area contributed by atoms with Gasteiger partial charge in [-0.05, 0) is 87.9 Å². The van der Waals surface area contributed by atoms with Gasteiger partial charge in [0.25, 0.3) is 0 Å². The fourth-order valence-corrected chi connectivity index (χ4v) is 3.45. The molecule has 118 valence electrons. The molecular formula is C19H18Br2N2. The molecule has 1 aliphatic carbocycles. The van der Waals surface area contributed by atoms with Crippen LogP contribution in [0.1, 0.15) is 26.2 Å². The summed E-state index contributed by atoms with van der Waals surface area (Å²) in [6, 6.07) is 16.3. The fourth-order valence-electron chi connectivity index (χ4n) is 2.69. The van der Waals surface area contributed by atoms with Gasteiger partial charge in [0.05, 0.1) is 11.4 Å². The van der Waals surface area contributed by atoms with E-state index in [1.165, 1.54) is 11.3 Å². The predicted octanol–water partition coefficient (Wildman–Crippen LogP) is 6.85. The van der Waals surface area contributed by atoms with E-state index in [4.69, 9.17) is 4.99 Å². The van der Waals surface area contributed by atoms with Crippen molar-refractivity contribution in [1.82, 2.24) is 0 Å². The van der Waals surface area contributed by atoms with Crippen LogP contribution in [0, 0.1) is 0 Å². The zero-order chi connectivity index (χ0) is 16.2. The molecule has 0 amide bonds. The maximum absolute atomic E-state index is 4.87. The number of anilines is 1. The van der Waals surface area contributed by atoms with Gasteiger partial charge in [-0.15, -0.1) is 0 Å². The Kier molecular flexibility index (Phi) is 5.34. The van der Waals surface area contributed by atoms with Gasteiger partial charge < -0.3 is 5.32 Å². The van der Waals surface area contributed by atoms with Crippen LogP contribution in [-0.4, -0.2) is 5.71 Å². The third-order valence-corrected chi connectivity index (χ3v) is 5.36. The minimum Gasteiger partial charge on any atom is -0.358 e. The number of hydrogen-bond donors (Lipinski definition) is 1. The van der Waals surface area contributed by atoms with Crippen molar-refractivity contribution in [3.05, 3.63) is 68.7 Å². The normalized spacial score (nSPS) is 16.7. The highest BCUT2D eigenvalue weighted by Gasteiger charge is 2.16. The molecule has 2 aromatic rings. The molecule has 0 heterocycles. The van der Waals surface area contributed by atoms with E-state index >= 15 is 0 Å². The van der Waals surface area contributed by atoms with E-state index in [0.717, 1.165) is 45.3 Å². The Morgan fingerprint density at radius 3 is 2.35 bits per heavy atom. The quantitative estimate of drug-likeness (QED) is 0.561. The molecule has 0 atom stereocenters. The number of hydrogen-bond acceptors (Lipinski definition) is 2. The first-order chi connectivity index (χ1) is 11.1. The zero-order valence-electron chi connectivity index (χ0n) is 12.9. The minimum atomic E-state index is 0.990. The van der Waals surface area contributed by atoms with E-state index in [1.54, 1.807) is 0 Å². The molecule has 4 heteroatoms. The van der Waals surface area contributed by atoms with Crippen LogP contribution in [0.2, 0.25) is 0 Å². The summed E-state index contributed by atoms with van der Waals surface area (Å²) in [5.41, 5.74) is 5.77. The first-order valence-electron chi connectivity index (χ1n) is 7.69. The van der Waals surface area contributed by atoms with Crippen LogP contribution in [0.4, 0.5) is 11.4 Å². The summed E-state index contributed by atoms with van der Waals surface area (Å²) in [5, 5.41) is 3.57. The predicted molar refractivity (Wildman–Crippen MR) is 106 cm³/mol. The Morgan fingerprint density at radius 1 is 0.913 bits per heavy atom. The lowest BCUT2D eigenvalue weighted by atomic mass is 9.95. The highest BCUT2D eigenvalue weighted by Crippen LogP contribution is 2.31. The van der Waals surface area contributed by atoms with Crippen molar-refractivity contribution in [1.29, 1.82) is 0 Å². The zero-order valence-corrected chi connectivity index (χ0v) is 16.1. The Hall–Kier alpha value is -1.39. The van der Waals surface area contributed by atoms with Crippen molar-refractivity contribution in [2.75, 3.05) is 5.32 Å². The second-order valence-corrected chi connectivity index (χ2v) is 7.28. The lowest BCUT2D eigenvalue weighted by Crippen LogP contribution is -2.15. The number of halogens is 2. The third-order valence-electron chi connectivity index (χ3n) is 3.99. The van der Waals surface area contributed by atoms with E-state index in [-0.39, 0.29) is 0 Å². The van der Waals surface area contributed by atoms with Gasteiger partial charge in [-0.25, -0.2) is 0 Å². The van der Waals surface area contributed by atoms with E-state index < -0.39 is 0 Å². The van der Waals surface area contributed by atoms with E-state index in [0.29, 0.717) is 0 Å². The molecule has 0 unspecified atom stereocenters. The lowest BCUT2D eigenvalue weighted by molar-refractivity contribution is 0.824. The van der Waals surface area contributed by atoms with Gasteiger partial charge in [-0.2, -0.15) is 0 Å². The fraction of sp³-hybridized carbons (Fsp3) is 0.211. The van der Waals surface area contributed by atoms with Crippen molar-refractivity contribution in [2.45, 2.75) is 26.2 Å². The summed E-state index contributed by atoms with van der Waals surface area (Å²) in [6.45, 7) is 2.16. The SMILES string of the molecule is CC1=C(Nc2ccccc2Br)CCCC1=Nc1ccccc1Br. The van der Waals surface area contributed by atoms with Gasteiger partial charge in [0, 0.05) is 20.4 Å². The molecule has 0 aromatic heterocycles. The number of aliphatic imine (C=N–C) groups is 1. The van der Waals surface area contributed by atoms with E-state index in [2.05, 4.69) is 56.2 Å². The number of rotatable bonds is 3. The highest BCUT2D eigenvalue weighted by atomic mass is 79.9. The molecule has 3 rings (SSSR count). The van der Waals surface area contributed by atoms with Crippen molar-refractivity contribution in [2.24, 2.45) is 4.99 Å². The standard InChI is InChI=1S/C19H18Br2N2/c1-13-16(22-18-9-4-2-7-14(18)20)11-6-12-17(13)23-19-10-5-3-8-15(19)21/h2-5,7-10,22H,6,11-12H2,1H3. The van der Waals surface area contributed by atoms with Gasteiger partial charge >= 0.3 is 0 Å². The highest BCUT2D eigenvalue weighted by molar-refractivity contribution is 9.11. The van der Waals surface area contributed by atoms with Gasteiger partial charge in [-0.1, -0.05) is 24.3 Å². The topological polar surface area (TPSA) is 24.4 Å². The summed E-state index contributed by atoms with van der Waals surface area (Å²) in [7, 11) is 0. The summed E-state index contributed by atoms with van der Waals surface area (Å²) in [5.74, 6) is 0. The number of nitrogens with zero attached hydrogens (tertiary/aromatic N) is 1. The summed E-state index contributed by atoms with van der Waals surface area (Å²) < 4.78 is 2.11. The lowest BCUT2D eigenvalue weighted by Gasteiger charge is -2.22. The molecule has 0 saturated heterocycles. The molecule has 1 N–H and O–H groups in total. The maximum atomic E-state index is 4.87. The summed E-state index contributed by atoms with van der Waals surface area (Å²) in [4.78, 5) is 4.87. The maximum Gasteiger partial charge on any atom is 0.0775 e. The van der Waals surface area contributed by atoms with Crippen molar-refractivity contribution >= 4 is 48.9 Å². The molecule has 1 aliphatic rings. The Morgan fingerprint density at radius 2 is 1.61 bits per heavy atom. The number of allylic oxidation sites excluding steroid dienone is 2. The van der Waals surface area contributed by atoms with Crippen LogP contribution in [0.15, 0.2) is 73.7 Å². The Bertz CT molecular complexity index is 778. The van der Waals surface area contributed by atoms with Gasteiger partial charge in [-0.3, -0.25) is 4.99 Å². The van der Waals surface area contributed by atoms with Crippen LogP contribution in [0.25, 0.3) is 0 Å². The number of para-hydroxylation sites is 2. The third kappa shape index (κ3) is 3.93. The van der Waals surface area contributed by atoms with Crippen molar-refractivity contribution < 1.29 is 0 Å². The number of nitrogens with one attached hydrogen (secondary N) is 1.